The van der Waals surface area contributed by atoms with Crippen molar-refractivity contribution in [3.05, 3.63) is 95.1 Å². The highest BCUT2D eigenvalue weighted by Crippen LogP contribution is 2.31. The van der Waals surface area contributed by atoms with E-state index in [1.54, 1.807) is 12.1 Å². The SMILES string of the molecule is COC(=O)c1ccc2c(c1)C(=O)N(S(=O)(=O)c1ccc(C)cc1)C(Cc1ccccc1)CO2. The molecule has 7 nitrogen and oxygen atoms in total. The Hall–Kier alpha value is -3.65. The van der Waals surface area contributed by atoms with E-state index in [2.05, 4.69) is 0 Å². The van der Waals surface area contributed by atoms with Crippen molar-refractivity contribution in [3.63, 3.8) is 0 Å². The van der Waals surface area contributed by atoms with Crippen LogP contribution in [0.2, 0.25) is 0 Å². The predicted octanol–water partition coefficient (Wildman–Crippen LogP) is 3.62. The standard InChI is InChI=1S/C25H23NO6S/c1-17-8-11-21(12-9-17)33(29,30)26-20(14-18-6-4-3-5-7-18)16-32-23-13-10-19(25(28)31-2)15-22(23)24(26)27/h3-13,15,20H,14,16H2,1-2H3. The molecule has 4 rings (SSSR count). The van der Waals surface area contributed by atoms with E-state index in [0.717, 1.165) is 15.4 Å². The molecule has 1 aliphatic rings. The van der Waals surface area contributed by atoms with Gasteiger partial charge in [-0.1, -0.05) is 48.0 Å². The van der Waals surface area contributed by atoms with Crippen LogP contribution in [0.1, 0.15) is 31.8 Å². The average Bonchev–Trinajstić information content (AvgIpc) is 2.96. The van der Waals surface area contributed by atoms with E-state index in [0.29, 0.717) is 0 Å². The summed E-state index contributed by atoms with van der Waals surface area (Å²) in [5, 5.41) is 0. The Kier molecular flexibility index (Phi) is 6.20. The van der Waals surface area contributed by atoms with Crippen molar-refractivity contribution < 1.29 is 27.5 Å². The molecule has 1 atom stereocenters. The molecule has 1 heterocycles. The third-order valence-electron chi connectivity index (χ3n) is 5.49. The van der Waals surface area contributed by atoms with Crippen molar-refractivity contribution in [2.75, 3.05) is 13.7 Å². The van der Waals surface area contributed by atoms with E-state index >= 15 is 0 Å². The van der Waals surface area contributed by atoms with E-state index < -0.39 is 27.9 Å². The van der Waals surface area contributed by atoms with E-state index in [1.807, 2.05) is 37.3 Å². The lowest BCUT2D eigenvalue weighted by molar-refractivity contribution is 0.0600. The highest BCUT2D eigenvalue weighted by atomic mass is 32.2. The topological polar surface area (TPSA) is 90.0 Å². The Morgan fingerprint density at radius 2 is 1.76 bits per heavy atom. The zero-order valence-electron chi connectivity index (χ0n) is 18.2. The maximum atomic E-state index is 13.7. The van der Waals surface area contributed by atoms with Crippen LogP contribution in [0.25, 0.3) is 0 Å². The Bertz CT molecular complexity index is 1290. The van der Waals surface area contributed by atoms with Crippen LogP contribution in [-0.4, -0.2) is 44.4 Å². The molecule has 170 valence electrons. The molecule has 0 bridgehead atoms. The number of carbonyl (C=O) groups is 2. The second-order valence-electron chi connectivity index (χ2n) is 7.78. The van der Waals surface area contributed by atoms with Crippen molar-refractivity contribution in [1.29, 1.82) is 0 Å². The Balaban J connectivity index is 1.83. The van der Waals surface area contributed by atoms with Gasteiger partial charge in [-0.3, -0.25) is 4.79 Å². The molecule has 0 aliphatic carbocycles. The van der Waals surface area contributed by atoms with Gasteiger partial charge in [-0.15, -0.1) is 0 Å². The number of hydrogen-bond acceptors (Lipinski definition) is 6. The quantitative estimate of drug-likeness (QED) is 0.535. The number of fused-ring (bicyclic) bond motifs is 1. The number of benzene rings is 3. The first kappa shape index (κ1) is 22.5. The van der Waals surface area contributed by atoms with Crippen LogP contribution in [-0.2, 0) is 21.2 Å². The fraction of sp³-hybridized carbons (Fsp3) is 0.200. The number of carbonyl (C=O) groups excluding carboxylic acids is 2. The molecule has 0 aromatic heterocycles. The molecular formula is C25H23NO6S. The smallest absolute Gasteiger partial charge is 0.337 e. The lowest BCUT2D eigenvalue weighted by Crippen LogP contribution is -2.47. The monoisotopic (exact) mass is 465 g/mol. The van der Waals surface area contributed by atoms with Crippen LogP contribution in [0, 0.1) is 6.92 Å². The van der Waals surface area contributed by atoms with Gasteiger partial charge >= 0.3 is 5.97 Å². The zero-order valence-corrected chi connectivity index (χ0v) is 19.0. The first-order valence-electron chi connectivity index (χ1n) is 10.4. The van der Waals surface area contributed by atoms with Crippen LogP contribution in [0.4, 0.5) is 0 Å². The molecule has 8 heteroatoms. The van der Waals surface area contributed by atoms with Crippen molar-refractivity contribution >= 4 is 21.9 Å². The summed E-state index contributed by atoms with van der Waals surface area (Å²) in [6.45, 7) is 1.82. The number of hydrogen-bond donors (Lipinski definition) is 0. The van der Waals surface area contributed by atoms with Crippen LogP contribution < -0.4 is 4.74 Å². The molecule has 33 heavy (non-hydrogen) atoms. The first-order valence-corrected chi connectivity index (χ1v) is 11.8. The number of aryl methyl sites for hydroxylation is 1. The Morgan fingerprint density at radius 3 is 2.42 bits per heavy atom. The summed E-state index contributed by atoms with van der Waals surface area (Å²) in [4.78, 5) is 25.7. The first-order chi connectivity index (χ1) is 15.8. The number of nitrogens with zero attached hydrogens (tertiary/aromatic N) is 1. The summed E-state index contributed by atoms with van der Waals surface area (Å²) in [5.74, 6) is -1.18. The zero-order chi connectivity index (χ0) is 23.6. The Labute approximate surface area is 192 Å². The molecule has 1 unspecified atom stereocenters. The molecule has 0 radical (unpaired) electrons. The maximum Gasteiger partial charge on any atom is 0.337 e. The van der Waals surface area contributed by atoms with E-state index in [1.165, 1.54) is 37.4 Å². The summed E-state index contributed by atoms with van der Waals surface area (Å²) in [6, 6.07) is 19.1. The van der Waals surface area contributed by atoms with Gasteiger partial charge in [0, 0.05) is 0 Å². The third-order valence-corrected chi connectivity index (χ3v) is 7.34. The van der Waals surface area contributed by atoms with Crippen LogP contribution >= 0.6 is 0 Å². The van der Waals surface area contributed by atoms with Crippen LogP contribution in [0.3, 0.4) is 0 Å². The maximum absolute atomic E-state index is 13.7. The van der Waals surface area contributed by atoms with Gasteiger partial charge in [0.1, 0.15) is 12.4 Å². The molecule has 0 N–H and O–H groups in total. The van der Waals surface area contributed by atoms with Gasteiger partial charge in [-0.25, -0.2) is 17.5 Å². The molecule has 3 aromatic rings. The second-order valence-corrected chi connectivity index (χ2v) is 9.59. The second kappa shape index (κ2) is 9.07. The molecule has 0 saturated carbocycles. The summed E-state index contributed by atoms with van der Waals surface area (Å²) < 4.78 is 38.9. The predicted molar refractivity (Wildman–Crippen MR) is 122 cm³/mol. The van der Waals surface area contributed by atoms with Crippen molar-refractivity contribution in [1.82, 2.24) is 4.31 Å². The number of esters is 1. The summed E-state index contributed by atoms with van der Waals surface area (Å²) in [6.07, 6.45) is 0.273. The minimum Gasteiger partial charge on any atom is -0.491 e. The average molecular weight is 466 g/mol. The van der Waals surface area contributed by atoms with Gasteiger partial charge in [0.2, 0.25) is 0 Å². The molecule has 0 spiro atoms. The minimum atomic E-state index is -4.21. The highest BCUT2D eigenvalue weighted by Gasteiger charge is 2.40. The number of amides is 1. The van der Waals surface area contributed by atoms with E-state index in [4.69, 9.17) is 9.47 Å². The van der Waals surface area contributed by atoms with Crippen LogP contribution in [0.15, 0.2) is 77.7 Å². The van der Waals surface area contributed by atoms with Gasteiger partial charge in [0.05, 0.1) is 29.2 Å². The van der Waals surface area contributed by atoms with Crippen molar-refractivity contribution in [3.8, 4) is 5.75 Å². The number of rotatable bonds is 5. The largest absolute Gasteiger partial charge is 0.491 e. The van der Waals surface area contributed by atoms with Gasteiger partial charge in [-0.05, 0) is 49.2 Å². The summed E-state index contributed by atoms with van der Waals surface area (Å²) in [7, 11) is -2.98. The summed E-state index contributed by atoms with van der Waals surface area (Å²) >= 11 is 0. The lowest BCUT2D eigenvalue weighted by atomic mass is 10.1. The molecule has 0 saturated heterocycles. The number of sulfonamides is 1. The number of methoxy groups -OCH3 is 1. The molecule has 0 fully saturated rings. The molecular weight excluding hydrogens is 442 g/mol. The molecule has 3 aromatic carbocycles. The van der Waals surface area contributed by atoms with Crippen molar-refractivity contribution in [2.45, 2.75) is 24.3 Å². The highest BCUT2D eigenvalue weighted by molar-refractivity contribution is 7.89. The third kappa shape index (κ3) is 4.47. The minimum absolute atomic E-state index is 0.00656. The lowest BCUT2D eigenvalue weighted by Gasteiger charge is -2.29. The fourth-order valence-corrected chi connectivity index (χ4v) is 5.31. The van der Waals surface area contributed by atoms with Gasteiger partial charge < -0.3 is 9.47 Å². The Morgan fingerprint density at radius 1 is 1.06 bits per heavy atom. The molecule has 1 aliphatic heterocycles. The van der Waals surface area contributed by atoms with Gasteiger partial charge in [0.15, 0.2) is 0 Å². The normalized spacial score (nSPS) is 15.9. The fourth-order valence-electron chi connectivity index (χ4n) is 3.76. The molecule has 1 amide bonds. The number of ether oxygens (including phenoxy) is 2. The van der Waals surface area contributed by atoms with Gasteiger partial charge in [0.25, 0.3) is 15.9 Å². The van der Waals surface area contributed by atoms with E-state index in [-0.39, 0.29) is 34.8 Å². The van der Waals surface area contributed by atoms with Crippen LogP contribution in [0.5, 0.6) is 5.75 Å². The van der Waals surface area contributed by atoms with Gasteiger partial charge in [-0.2, -0.15) is 0 Å². The van der Waals surface area contributed by atoms with E-state index in [9.17, 15) is 18.0 Å². The summed E-state index contributed by atoms with van der Waals surface area (Å²) in [5.41, 5.74) is 1.88. The van der Waals surface area contributed by atoms with Crippen molar-refractivity contribution in [2.24, 2.45) is 0 Å².